The van der Waals surface area contributed by atoms with Crippen molar-refractivity contribution in [3.05, 3.63) is 23.8 Å². The highest BCUT2D eigenvalue weighted by molar-refractivity contribution is 5.90. The number of aromatic hydroxyl groups is 1. The first-order valence-electron chi connectivity index (χ1n) is 5.15. The molecule has 0 radical (unpaired) electrons. The lowest BCUT2D eigenvalue weighted by Crippen LogP contribution is -2.10. The molecule has 0 heterocycles. The van der Waals surface area contributed by atoms with Gasteiger partial charge in [-0.15, -0.1) is 0 Å². The first-order chi connectivity index (χ1) is 7.56. The van der Waals surface area contributed by atoms with Gasteiger partial charge >= 0.3 is 5.97 Å². The molecule has 88 valence electrons. The molecule has 1 atom stereocenters. The molecule has 1 N–H and O–H groups in total. The number of rotatable bonds is 4. The zero-order valence-corrected chi connectivity index (χ0v) is 9.69. The van der Waals surface area contributed by atoms with Gasteiger partial charge in [-0.05, 0) is 25.5 Å². The Labute approximate surface area is 94.8 Å². The minimum Gasteiger partial charge on any atom is -0.508 e. The Morgan fingerprint density at radius 3 is 2.69 bits per heavy atom. The Hall–Kier alpha value is -1.71. The van der Waals surface area contributed by atoms with Gasteiger partial charge in [0.2, 0.25) is 0 Å². The molecule has 16 heavy (non-hydrogen) atoms. The van der Waals surface area contributed by atoms with Gasteiger partial charge in [0, 0.05) is 6.07 Å². The van der Waals surface area contributed by atoms with Crippen LogP contribution in [0.25, 0.3) is 0 Å². The number of hydrogen-bond acceptors (Lipinski definition) is 4. The summed E-state index contributed by atoms with van der Waals surface area (Å²) in [6.07, 6.45) is 0.885. The lowest BCUT2D eigenvalue weighted by atomic mass is 10.2. The third-order valence-corrected chi connectivity index (χ3v) is 2.22. The van der Waals surface area contributed by atoms with Crippen LogP contribution in [0.4, 0.5) is 0 Å². The maximum atomic E-state index is 11.3. The van der Waals surface area contributed by atoms with Crippen LogP contribution in [0.5, 0.6) is 11.5 Å². The van der Waals surface area contributed by atoms with Crippen LogP contribution in [0.3, 0.4) is 0 Å². The van der Waals surface area contributed by atoms with E-state index in [1.54, 1.807) is 6.07 Å². The van der Waals surface area contributed by atoms with E-state index in [0.29, 0.717) is 5.75 Å². The number of carbonyl (C=O) groups is 1. The third-order valence-electron chi connectivity index (χ3n) is 2.22. The van der Waals surface area contributed by atoms with E-state index in [1.165, 1.54) is 19.2 Å². The van der Waals surface area contributed by atoms with Crippen LogP contribution < -0.4 is 4.74 Å². The highest BCUT2D eigenvalue weighted by Crippen LogP contribution is 2.23. The molecule has 0 amide bonds. The van der Waals surface area contributed by atoms with E-state index in [9.17, 15) is 9.90 Å². The maximum Gasteiger partial charge on any atom is 0.338 e. The topological polar surface area (TPSA) is 55.8 Å². The summed E-state index contributed by atoms with van der Waals surface area (Å²) in [7, 11) is 1.29. The summed E-state index contributed by atoms with van der Waals surface area (Å²) >= 11 is 0. The highest BCUT2D eigenvalue weighted by atomic mass is 16.5. The second-order valence-corrected chi connectivity index (χ2v) is 3.54. The van der Waals surface area contributed by atoms with Gasteiger partial charge in [0.15, 0.2) is 0 Å². The number of ether oxygens (including phenoxy) is 2. The van der Waals surface area contributed by atoms with Crippen molar-refractivity contribution in [3.63, 3.8) is 0 Å². The van der Waals surface area contributed by atoms with Gasteiger partial charge in [-0.2, -0.15) is 0 Å². The van der Waals surface area contributed by atoms with Gasteiger partial charge in [-0.1, -0.05) is 6.92 Å². The Bertz CT molecular complexity index is 373. The molecule has 0 aliphatic carbocycles. The second kappa shape index (κ2) is 5.39. The molecule has 0 bridgehead atoms. The minimum atomic E-state index is -0.495. The lowest BCUT2D eigenvalue weighted by Gasteiger charge is -2.13. The summed E-state index contributed by atoms with van der Waals surface area (Å²) in [5.74, 6) is -0.0409. The zero-order valence-electron chi connectivity index (χ0n) is 9.69. The van der Waals surface area contributed by atoms with E-state index >= 15 is 0 Å². The van der Waals surface area contributed by atoms with Gasteiger partial charge in [0.1, 0.15) is 11.5 Å². The molecule has 0 aliphatic heterocycles. The number of hydrogen-bond donors (Lipinski definition) is 1. The first-order valence-corrected chi connectivity index (χ1v) is 5.15. The number of benzene rings is 1. The van der Waals surface area contributed by atoms with Crippen LogP contribution >= 0.6 is 0 Å². The summed E-state index contributed by atoms with van der Waals surface area (Å²) in [5.41, 5.74) is 0.279. The Morgan fingerprint density at radius 2 is 2.12 bits per heavy atom. The smallest absolute Gasteiger partial charge is 0.338 e. The van der Waals surface area contributed by atoms with Gasteiger partial charge in [0.25, 0.3) is 0 Å². The molecular weight excluding hydrogens is 208 g/mol. The Kier molecular flexibility index (Phi) is 4.17. The Balaban J connectivity index is 2.94. The van der Waals surface area contributed by atoms with Crippen molar-refractivity contribution in [2.75, 3.05) is 7.11 Å². The fourth-order valence-corrected chi connectivity index (χ4v) is 1.20. The van der Waals surface area contributed by atoms with Crippen LogP contribution in [0.15, 0.2) is 18.2 Å². The molecule has 0 aliphatic rings. The molecule has 0 saturated heterocycles. The van der Waals surface area contributed by atoms with Gasteiger partial charge in [-0.25, -0.2) is 4.79 Å². The average molecular weight is 224 g/mol. The summed E-state index contributed by atoms with van der Waals surface area (Å²) in [5, 5.41) is 9.44. The molecule has 1 unspecified atom stereocenters. The number of carbonyl (C=O) groups excluding carboxylic acids is 1. The summed E-state index contributed by atoms with van der Waals surface area (Å²) in [6, 6.07) is 4.37. The highest BCUT2D eigenvalue weighted by Gasteiger charge is 2.10. The molecule has 0 spiro atoms. The number of phenols is 1. The van der Waals surface area contributed by atoms with Crippen LogP contribution in [-0.4, -0.2) is 24.3 Å². The van der Waals surface area contributed by atoms with Crippen molar-refractivity contribution in [1.82, 2.24) is 0 Å². The predicted octanol–water partition coefficient (Wildman–Crippen LogP) is 2.36. The van der Waals surface area contributed by atoms with Crippen molar-refractivity contribution < 1.29 is 19.4 Å². The van der Waals surface area contributed by atoms with Crippen LogP contribution in [0.2, 0.25) is 0 Å². The molecular formula is C12H16O4. The zero-order chi connectivity index (χ0) is 12.1. The number of phenolic OH excluding ortho intramolecular Hbond substituents is 1. The molecule has 1 aromatic carbocycles. The lowest BCUT2D eigenvalue weighted by molar-refractivity contribution is 0.0599. The molecule has 1 rings (SSSR count). The third kappa shape index (κ3) is 3.15. The molecule has 4 nitrogen and oxygen atoms in total. The van der Waals surface area contributed by atoms with Gasteiger partial charge < -0.3 is 14.6 Å². The van der Waals surface area contributed by atoms with Crippen molar-refractivity contribution in [3.8, 4) is 11.5 Å². The van der Waals surface area contributed by atoms with E-state index < -0.39 is 5.97 Å². The van der Waals surface area contributed by atoms with Crippen molar-refractivity contribution in [1.29, 1.82) is 0 Å². The average Bonchev–Trinajstić information content (AvgIpc) is 2.27. The van der Waals surface area contributed by atoms with E-state index in [-0.39, 0.29) is 17.4 Å². The molecule has 4 heteroatoms. The quantitative estimate of drug-likeness (QED) is 0.797. The minimum absolute atomic E-state index is 0.0128. The summed E-state index contributed by atoms with van der Waals surface area (Å²) in [4.78, 5) is 11.3. The predicted molar refractivity (Wildman–Crippen MR) is 59.8 cm³/mol. The van der Waals surface area contributed by atoms with Crippen molar-refractivity contribution in [2.45, 2.75) is 26.4 Å². The molecule has 0 fully saturated rings. The van der Waals surface area contributed by atoms with E-state index in [0.717, 1.165) is 6.42 Å². The molecule has 0 aromatic heterocycles. The molecule has 0 saturated carbocycles. The Morgan fingerprint density at radius 1 is 1.44 bits per heavy atom. The fraction of sp³-hybridized carbons (Fsp3) is 0.417. The van der Waals surface area contributed by atoms with E-state index in [2.05, 4.69) is 4.74 Å². The first kappa shape index (κ1) is 12.4. The van der Waals surface area contributed by atoms with Crippen molar-refractivity contribution in [2.24, 2.45) is 0 Å². The largest absolute Gasteiger partial charge is 0.508 e. The molecule has 1 aromatic rings. The standard InChI is InChI=1S/C12H16O4/c1-4-8(2)16-11-6-9(12(14)15-3)5-10(13)7-11/h5-8,13H,4H2,1-3H3. The van der Waals surface area contributed by atoms with E-state index in [4.69, 9.17) is 4.74 Å². The normalized spacial score (nSPS) is 11.9. The SMILES string of the molecule is CCC(C)Oc1cc(O)cc(C(=O)OC)c1. The van der Waals surface area contributed by atoms with Crippen LogP contribution in [0, 0.1) is 0 Å². The van der Waals surface area contributed by atoms with Crippen LogP contribution in [0.1, 0.15) is 30.6 Å². The monoisotopic (exact) mass is 224 g/mol. The maximum absolute atomic E-state index is 11.3. The van der Waals surface area contributed by atoms with Crippen LogP contribution in [-0.2, 0) is 4.74 Å². The number of esters is 1. The second-order valence-electron chi connectivity index (χ2n) is 3.54. The fourth-order valence-electron chi connectivity index (χ4n) is 1.20. The summed E-state index contributed by atoms with van der Waals surface area (Å²) < 4.78 is 10.1. The van der Waals surface area contributed by atoms with Gasteiger partial charge in [-0.3, -0.25) is 0 Å². The summed E-state index contributed by atoms with van der Waals surface area (Å²) in [6.45, 7) is 3.91. The van der Waals surface area contributed by atoms with Crippen molar-refractivity contribution >= 4 is 5.97 Å². The van der Waals surface area contributed by atoms with E-state index in [1.807, 2.05) is 13.8 Å². The van der Waals surface area contributed by atoms with Gasteiger partial charge in [0.05, 0.1) is 18.8 Å². The number of methoxy groups -OCH3 is 1.